The number of nitrogen functional groups attached to an aromatic ring is 1. The normalized spacial score (nSPS) is 15.3. The predicted molar refractivity (Wildman–Crippen MR) is 80.2 cm³/mol. The number of hydrogen-bond acceptors (Lipinski definition) is 5. The van der Waals surface area contributed by atoms with Crippen molar-refractivity contribution in [1.29, 1.82) is 0 Å². The Morgan fingerprint density at radius 3 is 2.57 bits per heavy atom. The Morgan fingerprint density at radius 1 is 1.24 bits per heavy atom. The molecule has 0 aliphatic carbocycles. The maximum atomic E-state index is 12.3. The Balaban J connectivity index is 1.65. The standard InChI is InChI=1S/C15H18N4O2/c1-11-10-14(21-17-11)15(20)19-8-6-18(7-9-19)13-5-3-2-4-12(13)16/h2-5,10H,6-9,16H2,1H3. The van der Waals surface area contributed by atoms with Crippen molar-refractivity contribution < 1.29 is 9.32 Å². The lowest BCUT2D eigenvalue weighted by molar-refractivity contribution is 0.0705. The summed E-state index contributed by atoms with van der Waals surface area (Å²) in [5.74, 6) is 0.205. The molecule has 21 heavy (non-hydrogen) atoms. The summed E-state index contributed by atoms with van der Waals surface area (Å²) >= 11 is 0. The van der Waals surface area contributed by atoms with Gasteiger partial charge in [0.25, 0.3) is 5.91 Å². The number of para-hydroxylation sites is 2. The van der Waals surface area contributed by atoms with Crippen LogP contribution in [0.2, 0.25) is 0 Å². The third-order valence-electron chi connectivity index (χ3n) is 3.68. The van der Waals surface area contributed by atoms with E-state index in [1.165, 1.54) is 0 Å². The van der Waals surface area contributed by atoms with Gasteiger partial charge in [0.15, 0.2) is 0 Å². The largest absolute Gasteiger partial charge is 0.397 e. The van der Waals surface area contributed by atoms with E-state index in [1.54, 1.807) is 17.9 Å². The number of carbonyl (C=O) groups is 1. The van der Waals surface area contributed by atoms with Crippen LogP contribution in [0.25, 0.3) is 0 Å². The average molecular weight is 286 g/mol. The predicted octanol–water partition coefficient (Wildman–Crippen LogP) is 1.53. The van der Waals surface area contributed by atoms with Gasteiger partial charge >= 0.3 is 0 Å². The van der Waals surface area contributed by atoms with Gasteiger partial charge < -0.3 is 20.1 Å². The SMILES string of the molecule is Cc1cc(C(=O)N2CCN(c3ccccc3N)CC2)on1. The van der Waals surface area contributed by atoms with Gasteiger partial charge in [-0.05, 0) is 19.1 Å². The van der Waals surface area contributed by atoms with Crippen molar-refractivity contribution in [2.45, 2.75) is 6.92 Å². The molecule has 110 valence electrons. The summed E-state index contributed by atoms with van der Waals surface area (Å²) < 4.78 is 5.04. The molecule has 0 atom stereocenters. The van der Waals surface area contributed by atoms with Gasteiger partial charge in [-0.1, -0.05) is 17.3 Å². The lowest BCUT2D eigenvalue weighted by atomic mass is 10.2. The minimum Gasteiger partial charge on any atom is -0.397 e. The van der Waals surface area contributed by atoms with Gasteiger partial charge in [-0.25, -0.2) is 0 Å². The molecule has 1 aliphatic heterocycles. The van der Waals surface area contributed by atoms with Crippen LogP contribution in [0.15, 0.2) is 34.9 Å². The fourth-order valence-corrected chi connectivity index (χ4v) is 2.55. The van der Waals surface area contributed by atoms with Crippen molar-refractivity contribution >= 4 is 17.3 Å². The molecule has 6 heteroatoms. The molecule has 2 heterocycles. The third-order valence-corrected chi connectivity index (χ3v) is 3.68. The number of hydrogen-bond donors (Lipinski definition) is 1. The zero-order chi connectivity index (χ0) is 14.8. The number of aromatic nitrogens is 1. The second-order valence-electron chi connectivity index (χ2n) is 5.17. The van der Waals surface area contributed by atoms with Crippen LogP contribution in [0.5, 0.6) is 0 Å². The molecule has 0 saturated carbocycles. The van der Waals surface area contributed by atoms with E-state index in [2.05, 4.69) is 10.1 Å². The van der Waals surface area contributed by atoms with Crippen molar-refractivity contribution in [1.82, 2.24) is 10.1 Å². The van der Waals surface area contributed by atoms with E-state index in [-0.39, 0.29) is 5.91 Å². The molecule has 1 amide bonds. The number of nitrogens with two attached hydrogens (primary N) is 1. The number of benzene rings is 1. The second-order valence-corrected chi connectivity index (χ2v) is 5.17. The number of piperazine rings is 1. The average Bonchev–Trinajstić information content (AvgIpc) is 2.94. The highest BCUT2D eigenvalue weighted by molar-refractivity contribution is 5.91. The number of rotatable bonds is 2. The maximum absolute atomic E-state index is 12.3. The van der Waals surface area contributed by atoms with Crippen LogP contribution >= 0.6 is 0 Å². The molecule has 1 aliphatic rings. The highest BCUT2D eigenvalue weighted by Gasteiger charge is 2.25. The summed E-state index contributed by atoms with van der Waals surface area (Å²) in [5, 5.41) is 3.76. The quantitative estimate of drug-likeness (QED) is 0.847. The lowest BCUT2D eigenvalue weighted by Crippen LogP contribution is -2.48. The van der Waals surface area contributed by atoms with Crippen LogP contribution in [0.1, 0.15) is 16.2 Å². The molecule has 2 aromatic rings. The van der Waals surface area contributed by atoms with E-state index in [0.717, 1.165) is 24.5 Å². The molecular weight excluding hydrogens is 268 g/mol. The summed E-state index contributed by atoms with van der Waals surface area (Å²) in [6.07, 6.45) is 0. The molecule has 2 N–H and O–H groups in total. The second kappa shape index (κ2) is 5.47. The van der Waals surface area contributed by atoms with Crippen molar-refractivity contribution in [3.05, 3.63) is 41.8 Å². The molecule has 1 saturated heterocycles. The van der Waals surface area contributed by atoms with Gasteiger partial charge in [0, 0.05) is 32.2 Å². The number of amides is 1. The van der Waals surface area contributed by atoms with Crippen LogP contribution < -0.4 is 10.6 Å². The molecule has 1 aromatic heterocycles. The topological polar surface area (TPSA) is 75.6 Å². The minimum atomic E-state index is -0.101. The van der Waals surface area contributed by atoms with E-state index < -0.39 is 0 Å². The number of aryl methyl sites for hydroxylation is 1. The Morgan fingerprint density at radius 2 is 1.95 bits per heavy atom. The molecule has 1 fully saturated rings. The van der Waals surface area contributed by atoms with Gasteiger partial charge in [-0.15, -0.1) is 0 Å². The van der Waals surface area contributed by atoms with Crippen LogP contribution in [-0.4, -0.2) is 42.1 Å². The van der Waals surface area contributed by atoms with Crippen LogP contribution in [0, 0.1) is 6.92 Å². The minimum absolute atomic E-state index is 0.101. The fourth-order valence-electron chi connectivity index (χ4n) is 2.55. The van der Waals surface area contributed by atoms with Gasteiger partial charge in [-0.2, -0.15) is 0 Å². The number of anilines is 2. The van der Waals surface area contributed by atoms with E-state index in [9.17, 15) is 4.79 Å². The van der Waals surface area contributed by atoms with E-state index in [0.29, 0.717) is 24.5 Å². The van der Waals surface area contributed by atoms with E-state index in [1.807, 2.05) is 24.3 Å². The van der Waals surface area contributed by atoms with Crippen LogP contribution in [-0.2, 0) is 0 Å². The van der Waals surface area contributed by atoms with E-state index >= 15 is 0 Å². The summed E-state index contributed by atoms with van der Waals surface area (Å²) in [4.78, 5) is 16.3. The molecule has 0 spiro atoms. The zero-order valence-electron chi connectivity index (χ0n) is 12.0. The van der Waals surface area contributed by atoms with Crippen molar-refractivity contribution in [3.8, 4) is 0 Å². The van der Waals surface area contributed by atoms with Crippen LogP contribution in [0.3, 0.4) is 0 Å². The van der Waals surface area contributed by atoms with E-state index in [4.69, 9.17) is 10.3 Å². The zero-order valence-corrected chi connectivity index (χ0v) is 12.0. The lowest BCUT2D eigenvalue weighted by Gasteiger charge is -2.36. The van der Waals surface area contributed by atoms with Gasteiger partial charge in [-0.3, -0.25) is 4.79 Å². The van der Waals surface area contributed by atoms with Gasteiger partial charge in [0.1, 0.15) is 0 Å². The molecule has 6 nitrogen and oxygen atoms in total. The van der Waals surface area contributed by atoms with Crippen molar-refractivity contribution in [2.24, 2.45) is 0 Å². The van der Waals surface area contributed by atoms with Crippen molar-refractivity contribution in [2.75, 3.05) is 36.8 Å². The summed E-state index contributed by atoms with van der Waals surface area (Å²) in [6, 6.07) is 9.46. The summed E-state index contributed by atoms with van der Waals surface area (Å²) in [7, 11) is 0. The monoisotopic (exact) mass is 286 g/mol. The number of nitrogens with zero attached hydrogens (tertiary/aromatic N) is 3. The smallest absolute Gasteiger partial charge is 0.292 e. The Labute approximate surface area is 123 Å². The molecule has 1 aromatic carbocycles. The first-order valence-corrected chi connectivity index (χ1v) is 6.97. The van der Waals surface area contributed by atoms with Gasteiger partial charge in [0.2, 0.25) is 5.76 Å². The Kier molecular flexibility index (Phi) is 3.51. The van der Waals surface area contributed by atoms with Crippen LogP contribution in [0.4, 0.5) is 11.4 Å². The highest BCUT2D eigenvalue weighted by atomic mass is 16.5. The molecule has 0 unspecified atom stereocenters. The molecule has 0 radical (unpaired) electrons. The summed E-state index contributed by atoms with van der Waals surface area (Å²) in [5.41, 5.74) is 8.51. The molecule has 3 rings (SSSR count). The summed E-state index contributed by atoms with van der Waals surface area (Å²) in [6.45, 7) is 4.61. The van der Waals surface area contributed by atoms with Gasteiger partial charge in [0.05, 0.1) is 17.1 Å². The first-order chi connectivity index (χ1) is 10.1. The van der Waals surface area contributed by atoms with Crippen molar-refractivity contribution in [3.63, 3.8) is 0 Å². The molecular formula is C15H18N4O2. The molecule has 0 bridgehead atoms. The number of carbonyl (C=O) groups excluding carboxylic acids is 1. The highest BCUT2D eigenvalue weighted by Crippen LogP contribution is 2.23. The first-order valence-electron chi connectivity index (χ1n) is 6.97. The third kappa shape index (κ3) is 2.69. The maximum Gasteiger partial charge on any atom is 0.292 e. The fraction of sp³-hybridized carbons (Fsp3) is 0.333. The Hall–Kier alpha value is -2.50. The Bertz CT molecular complexity index is 645. The first kappa shape index (κ1) is 13.5.